The fraction of sp³-hybridized carbons (Fsp3) is 0.333. The highest BCUT2D eigenvalue weighted by molar-refractivity contribution is 5.80. The predicted octanol–water partition coefficient (Wildman–Crippen LogP) is 3.34. The van der Waals surface area contributed by atoms with E-state index in [0.29, 0.717) is 5.56 Å². The van der Waals surface area contributed by atoms with Crippen molar-refractivity contribution in [3.63, 3.8) is 0 Å². The molecule has 0 radical (unpaired) electrons. The van der Waals surface area contributed by atoms with Gasteiger partial charge in [0.15, 0.2) is 0 Å². The number of halogens is 3. The summed E-state index contributed by atoms with van der Waals surface area (Å²) >= 11 is 0. The molecular formula is C15H16F3N3O. The maximum absolute atomic E-state index is 12.7. The molecule has 0 aliphatic heterocycles. The van der Waals surface area contributed by atoms with Gasteiger partial charge in [-0.15, -0.1) is 0 Å². The summed E-state index contributed by atoms with van der Waals surface area (Å²) in [5.74, 6) is -0.311. The van der Waals surface area contributed by atoms with Crippen LogP contribution in [0.1, 0.15) is 37.1 Å². The molecule has 0 saturated carbocycles. The number of nitrogens with zero attached hydrogens (tertiary/aromatic N) is 2. The third-order valence-corrected chi connectivity index (χ3v) is 3.37. The predicted molar refractivity (Wildman–Crippen MR) is 74.9 cm³/mol. The molecule has 1 N–H and O–H groups in total. The summed E-state index contributed by atoms with van der Waals surface area (Å²) in [5, 5.41) is 6.67. The number of nitrogens with one attached hydrogen (secondary N) is 1. The summed E-state index contributed by atoms with van der Waals surface area (Å²) in [7, 11) is 0. The topological polar surface area (TPSA) is 46.9 Å². The second-order valence-electron chi connectivity index (χ2n) is 5.02. The van der Waals surface area contributed by atoms with E-state index in [9.17, 15) is 18.0 Å². The van der Waals surface area contributed by atoms with Gasteiger partial charge in [-0.1, -0.05) is 12.1 Å². The molecule has 0 bridgehead atoms. The molecule has 0 aliphatic rings. The van der Waals surface area contributed by atoms with Gasteiger partial charge < -0.3 is 5.32 Å². The van der Waals surface area contributed by atoms with Crippen LogP contribution in [0, 0.1) is 0 Å². The third-order valence-electron chi connectivity index (χ3n) is 3.37. The SMILES string of the molecule is CC(NC(=O)C(C)n1cccn1)c1cccc(C(F)(F)F)c1. The largest absolute Gasteiger partial charge is 0.416 e. The zero-order chi connectivity index (χ0) is 16.3. The Labute approximate surface area is 125 Å². The number of aromatic nitrogens is 2. The van der Waals surface area contributed by atoms with Gasteiger partial charge in [0.05, 0.1) is 11.6 Å². The van der Waals surface area contributed by atoms with Gasteiger partial charge in [0.1, 0.15) is 6.04 Å². The molecule has 22 heavy (non-hydrogen) atoms. The third kappa shape index (κ3) is 3.66. The summed E-state index contributed by atoms with van der Waals surface area (Å²) < 4.78 is 39.6. The number of carbonyl (C=O) groups is 1. The molecule has 1 heterocycles. The highest BCUT2D eigenvalue weighted by Crippen LogP contribution is 2.30. The highest BCUT2D eigenvalue weighted by Gasteiger charge is 2.30. The zero-order valence-corrected chi connectivity index (χ0v) is 12.1. The standard InChI is InChI=1S/C15H16F3N3O/c1-10(12-5-3-6-13(9-12)15(16,17)18)20-14(22)11(2)21-8-4-7-19-21/h3-11H,1-2H3,(H,20,22). The summed E-state index contributed by atoms with van der Waals surface area (Å²) in [6, 6.07) is 5.56. The molecule has 0 aliphatic carbocycles. The lowest BCUT2D eigenvalue weighted by Crippen LogP contribution is -2.33. The van der Waals surface area contributed by atoms with Crippen molar-refractivity contribution >= 4 is 5.91 Å². The van der Waals surface area contributed by atoms with Crippen molar-refractivity contribution in [2.24, 2.45) is 0 Å². The first-order valence-corrected chi connectivity index (χ1v) is 6.75. The van der Waals surface area contributed by atoms with Crippen LogP contribution in [-0.4, -0.2) is 15.7 Å². The van der Waals surface area contributed by atoms with E-state index in [1.807, 2.05) is 0 Å². The first kappa shape index (κ1) is 16.1. The van der Waals surface area contributed by atoms with Gasteiger partial charge in [0.2, 0.25) is 5.91 Å². The van der Waals surface area contributed by atoms with Gasteiger partial charge in [-0.3, -0.25) is 9.48 Å². The molecule has 0 saturated heterocycles. The average Bonchev–Trinajstić information content (AvgIpc) is 2.99. The van der Waals surface area contributed by atoms with Gasteiger partial charge in [0.25, 0.3) is 0 Å². The van der Waals surface area contributed by atoms with Gasteiger partial charge in [-0.25, -0.2) is 0 Å². The summed E-state index contributed by atoms with van der Waals surface area (Å²) in [6.07, 6.45) is -1.19. The minimum absolute atomic E-state index is 0.311. The Morgan fingerprint density at radius 1 is 1.27 bits per heavy atom. The van der Waals surface area contributed by atoms with E-state index >= 15 is 0 Å². The molecule has 0 fully saturated rings. The maximum Gasteiger partial charge on any atom is 0.416 e. The van der Waals surface area contributed by atoms with Gasteiger partial charge in [-0.05, 0) is 37.6 Å². The monoisotopic (exact) mass is 311 g/mol. The lowest BCUT2D eigenvalue weighted by atomic mass is 10.0. The molecule has 2 rings (SSSR count). The Bertz CT molecular complexity index is 638. The minimum Gasteiger partial charge on any atom is -0.348 e. The smallest absolute Gasteiger partial charge is 0.348 e. The van der Waals surface area contributed by atoms with E-state index < -0.39 is 23.8 Å². The van der Waals surface area contributed by atoms with Crippen LogP contribution in [0.5, 0.6) is 0 Å². The Morgan fingerprint density at radius 2 is 2.00 bits per heavy atom. The van der Waals surface area contributed by atoms with Crippen molar-refractivity contribution in [3.05, 3.63) is 53.9 Å². The van der Waals surface area contributed by atoms with E-state index in [2.05, 4.69) is 10.4 Å². The number of carbonyl (C=O) groups excluding carboxylic acids is 1. The van der Waals surface area contributed by atoms with Gasteiger partial charge in [-0.2, -0.15) is 18.3 Å². The molecule has 7 heteroatoms. The number of alkyl halides is 3. The Morgan fingerprint density at radius 3 is 2.59 bits per heavy atom. The lowest BCUT2D eigenvalue weighted by Gasteiger charge is -2.19. The molecule has 1 aromatic carbocycles. The lowest BCUT2D eigenvalue weighted by molar-refractivity contribution is -0.137. The Balaban J connectivity index is 2.09. The van der Waals surface area contributed by atoms with Crippen LogP contribution in [0.3, 0.4) is 0 Å². The van der Waals surface area contributed by atoms with Crippen LogP contribution in [0.25, 0.3) is 0 Å². The summed E-state index contributed by atoms with van der Waals surface area (Å²) in [5.41, 5.74) is -0.331. The van der Waals surface area contributed by atoms with Crippen LogP contribution < -0.4 is 5.32 Å². The number of hydrogen-bond donors (Lipinski definition) is 1. The second kappa shape index (κ2) is 6.21. The number of hydrogen-bond acceptors (Lipinski definition) is 2. The molecule has 0 spiro atoms. The van der Waals surface area contributed by atoms with Crippen molar-refractivity contribution in [1.82, 2.24) is 15.1 Å². The highest BCUT2D eigenvalue weighted by atomic mass is 19.4. The summed E-state index contributed by atoms with van der Waals surface area (Å²) in [4.78, 5) is 12.1. The van der Waals surface area contributed by atoms with Crippen molar-refractivity contribution in [1.29, 1.82) is 0 Å². The van der Waals surface area contributed by atoms with Crippen LogP contribution in [0.4, 0.5) is 13.2 Å². The van der Waals surface area contributed by atoms with E-state index in [-0.39, 0.29) is 5.91 Å². The average molecular weight is 311 g/mol. The molecule has 2 atom stereocenters. The Kier molecular flexibility index (Phi) is 4.54. The van der Waals surface area contributed by atoms with E-state index in [1.54, 1.807) is 38.4 Å². The van der Waals surface area contributed by atoms with Gasteiger partial charge in [0, 0.05) is 12.4 Å². The molecule has 1 amide bonds. The number of rotatable bonds is 4. The normalized spacial score (nSPS) is 14.4. The van der Waals surface area contributed by atoms with Crippen LogP contribution in [0.2, 0.25) is 0 Å². The fourth-order valence-electron chi connectivity index (χ4n) is 2.03. The quantitative estimate of drug-likeness (QED) is 0.941. The molecule has 2 aromatic rings. The number of benzene rings is 1. The number of amides is 1. The minimum atomic E-state index is -4.40. The molecule has 1 aromatic heterocycles. The van der Waals surface area contributed by atoms with Crippen LogP contribution in [0.15, 0.2) is 42.7 Å². The van der Waals surface area contributed by atoms with E-state index in [4.69, 9.17) is 0 Å². The van der Waals surface area contributed by atoms with E-state index in [1.165, 1.54) is 10.7 Å². The maximum atomic E-state index is 12.7. The first-order valence-electron chi connectivity index (χ1n) is 6.75. The van der Waals surface area contributed by atoms with Crippen molar-refractivity contribution in [2.45, 2.75) is 32.1 Å². The second-order valence-corrected chi connectivity index (χ2v) is 5.02. The van der Waals surface area contributed by atoms with Crippen LogP contribution >= 0.6 is 0 Å². The zero-order valence-electron chi connectivity index (χ0n) is 12.1. The van der Waals surface area contributed by atoms with E-state index in [0.717, 1.165) is 12.1 Å². The molecule has 2 unspecified atom stereocenters. The first-order chi connectivity index (χ1) is 10.3. The molecule has 118 valence electrons. The molecular weight excluding hydrogens is 295 g/mol. The van der Waals surface area contributed by atoms with Crippen molar-refractivity contribution < 1.29 is 18.0 Å². The van der Waals surface area contributed by atoms with Crippen molar-refractivity contribution in [2.75, 3.05) is 0 Å². The van der Waals surface area contributed by atoms with Gasteiger partial charge >= 0.3 is 6.18 Å². The van der Waals surface area contributed by atoms with Crippen LogP contribution in [-0.2, 0) is 11.0 Å². The Hall–Kier alpha value is -2.31. The molecule has 4 nitrogen and oxygen atoms in total. The fourth-order valence-corrected chi connectivity index (χ4v) is 2.03. The summed E-state index contributed by atoms with van der Waals surface area (Å²) in [6.45, 7) is 3.31. The van der Waals surface area contributed by atoms with Crippen molar-refractivity contribution in [3.8, 4) is 0 Å².